The van der Waals surface area contributed by atoms with Gasteiger partial charge in [0.1, 0.15) is 0 Å². The molecule has 1 aromatic heterocycles. The second kappa shape index (κ2) is 7.15. The van der Waals surface area contributed by atoms with Gasteiger partial charge in [-0.3, -0.25) is 9.59 Å². The van der Waals surface area contributed by atoms with E-state index in [-0.39, 0.29) is 11.6 Å². The van der Waals surface area contributed by atoms with Crippen molar-refractivity contribution >= 4 is 17.5 Å². The number of nitrogens with one attached hydrogen (secondary N) is 1. The predicted molar refractivity (Wildman–Crippen MR) is 90.8 cm³/mol. The number of halogens is 1. The minimum Gasteiger partial charge on any atom is -0.381 e. The molecule has 1 saturated heterocycles. The molecule has 0 aliphatic carbocycles. The van der Waals surface area contributed by atoms with Gasteiger partial charge in [0.05, 0.1) is 17.3 Å². The Morgan fingerprint density at radius 2 is 2.25 bits per heavy atom. The molecule has 126 valence electrons. The number of benzene rings is 1. The Morgan fingerprint density at radius 3 is 2.96 bits per heavy atom. The van der Waals surface area contributed by atoms with Crippen LogP contribution in [0.25, 0.3) is 5.69 Å². The highest BCUT2D eigenvalue weighted by Gasteiger charge is 2.20. The summed E-state index contributed by atoms with van der Waals surface area (Å²) in [6.07, 6.45) is 0.908. The standard InChI is InChI=1S/C17H18ClN3O3/c1-11-8-15(22)16(17(23)19-9-12-6-7-24-10-12)20-21(11)14-5-3-2-4-13(14)18/h2-5,8,12H,6-7,9-10H2,1H3,(H,19,23)/t12-/m1/s1. The number of rotatable bonds is 4. The van der Waals surface area contributed by atoms with E-state index in [2.05, 4.69) is 10.4 Å². The van der Waals surface area contributed by atoms with Gasteiger partial charge in [-0.25, -0.2) is 4.68 Å². The molecule has 1 N–H and O–H groups in total. The third-order valence-electron chi connectivity index (χ3n) is 3.98. The molecule has 1 fully saturated rings. The lowest BCUT2D eigenvalue weighted by atomic mass is 10.1. The Morgan fingerprint density at radius 1 is 1.46 bits per heavy atom. The summed E-state index contributed by atoms with van der Waals surface area (Å²) in [6.45, 7) is 3.56. The van der Waals surface area contributed by atoms with Crippen molar-refractivity contribution in [3.63, 3.8) is 0 Å². The lowest BCUT2D eigenvalue weighted by molar-refractivity contribution is 0.0937. The fourth-order valence-corrected chi connectivity index (χ4v) is 2.85. The average molecular weight is 348 g/mol. The van der Waals surface area contributed by atoms with Crippen molar-refractivity contribution in [2.24, 2.45) is 5.92 Å². The molecule has 6 nitrogen and oxygen atoms in total. The quantitative estimate of drug-likeness (QED) is 0.917. The van der Waals surface area contributed by atoms with Gasteiger partial charge in [-0.05, 0) is 25.5 Å². The molecule has 0 radical (unpaired) electrons. The molecule has 24 heavy (non-hydrogen) atoms. The van der Waals surface area contributed by atoms with E-state index in [0.29, 0.717) is 36.2 Å². The first-order valence-electron chi connectivity index (χ1n) is 7.78. The molecule has 0 bridgehead atoms. The van der Waals surface area contributed by atoms with Crippen molar-refractivity contribution in [1.29, 1.82) is 0 Å². The van der Waals surface area contributed by atoms with Crippen LogP contribution in [0, 0.1) is 12.8 Å². The van der Waals surface area contributed by atoms with Crippen LogP contribution < -0.4 is 10.7 Å². The van der Waals surface area contributed by atoms with E-state index in [0.717, 1.165) is 6.42 Å². The molecule has 3 rings (SSSR count). The van der Waals surface area contributed by atoms with Crippen LogP contribution in [0.4, 0.5) is 0 Å². The third-order valence-corrected chi connectivity index (χ3v) is 4.30. The molecule has 2 aromatic rings. The van der Waals surface area contributed by atoms with Crippen LogP contribution in [0.5, 0.6) is 0 Å². The second-order valence-corrected chi connectivity index (χ2v) is 6.21. The van der Waals surface area contributed by atoms with Crippen LogP contribution in [-0.2, 0) is 4.74 Å². The summed E-state index contributed by atoms with van der Waals surface area (Å²) in [5.74, 6) is -0.196. The summed E-state index contributed by atoms with van der Waals surface area (Å²) in [6, 6.07) is 8.53. The van der Waals surface area contributed by atoms with E-state index < -0.39 is 11.3 Å². The highest BCUT2D eigenvalue weighted by atomic mass is 35.5. The minimum atomic E-state index is -0.479. The smallest absolute Gasteiger partial charge is 0.275 e. The first-order valence-corrected chi connectivity index (χ1v) is 8.16. The first-order chi connectivity index (χ1) is 11.6. The maximum atomic E-state index is 12.3. The Kier molecular flexibility index (Phi) is 4.97. The number of amides is 1. The number of hydrogen-bond acceptors (Lipinski definition) is 4. The van der Waals surface area contributed by atoms with Crippen LogP contribution in [-0.4, -0.2) is 35.4 Å². The number of carbonyl (C=O) groups is 1. The lowest BCUT2D eigenvalue weighted by Gasteiger charge is -2.13. The van der Waals surface area contributed by atoms with Gasteiger partial charge < -0.3 is 10.1 Å². The first kappa shape index (κ1) is 16.7. The van der Waals surface area contributed by atoms with E-state index in [9.17, 15) is 9.59 Å². The van der Waals surface area contributed by atoms with Gasteiger partial charge in [-0.2, -0.15) is 5.10 Å². The van der Waals surface area contributed by atoms with Crippen LogP contribution in [0.2, 0.25) is 5.02 Å². The van der Waals surface area contributed by atoms with Gasteiger partial charge in [0.25, 0.3) is 5.91 Å². The van der Waals surface area contributed by atoms with Gasteiger partial charge in [-0.15, -0.1) is 0 Å². The van der Waals surface area contributed by atoms with Crippen LogP contribution >= 0.6 is 11.6 Å². The normalized spacial score (nSPS) is 17.0. The molecule has 1 atom stereocenters. The molecule has 1 aromatic carbocycles. The molecular weight excluding hydrogens is 330 g/mol. The Hall–Kier alpha value is -2.18. The monoisotopic (exact) mass is 347 g/mol. The summed E-state index contributed by atoms with van der Waals surface area (Å²) in [4.78, 5) is 24.5. The molecule has 1 aliphatic heterocycles. The summed E-state index contributed by atoms with van der Waals surface area (Å²) in [5, 5.41) is 7.48. The van der Waals surface area contributed by atoms with E-state index in [1.165, 1.54) is 10.7 Å². The molecule has 2 heterocycles. The SMILES string of the molecule is Cc1cc(=O)c(C(=O)NC[C@H]2CCOC2)nn1-c1ccccc1Cl. The Bertz CT molecular complexity index is 813. The summed E-state index contributed by atoms with van der Waals surface area (Å²) >= 11 is 6.20. The number of ether oxygens (including phenoxy) is 1. The van der Waals surface area contributed by atoms with Crippen LogP contribution in [0.15, 0.2) is 35.1 Å². The van der Waals surface area contributed by atoms with Crippen molar-refractivity contribution in [2.45, 2.75) is 13.3 Å². The average Bonchev–Trinajstić information content (AvgIpc) is 3.07. The number of hydrogen-bond donors (Lipinski definition) is 1. The van der Waals surface area contributed by atoms with Crippen LogP contribution in [0.1, 0.15) is 22.6 Å². The van der Waals surface area contributed by atoms with Crippen molar-refractivity contribution in [2.75, 3.05) is 19.8 Å². The third kappa shape index (κ3) is 3.49. The molecular formula is C17H18ClN3O3. The molecule has 0 spiro atoms. The van der Waals surface area contributed by atoms with Gasteiger partial charge >= 0.3 is 0 Å². The van der Waals surface area contributed by atoms with E-state index >= 15 is 0 Å². The van der Waals surface area contributed by atoms with E-state index in [1.54, 1.807) is 25.1 Å². The molecule has 1 aliphatic rings. The summed E-state index contributed by atoms with van der Waals surface area (Å²) in [7, 11) is 0. The highest BCUT2D eigenvalue weighted by molar-refractivity contribution is 6.32. The Balaban J connectivity index is 1.88. The number of aryl methyl sites for hydroxylation is 1. The van der Waals surface area contributed by atoms with Gasteiger partial charge in [0, 0.05) is 30.8 Å². The fraction of sp³-hybridized carbons (Fsp3) is 0.353. The summed E-state index contributed by atoms with van der Waals surface area (Å²) in [5.41, 5.74) is 0.680. The maximum Gasteiger partial charge on any atom is 0.275 e. The summed E-state index contributed by atoms with van der Waals surface area (Å²) < 4.78 is 6.79. The van der Waals surface area contributed by atoms with Crippen LogP contribution in [0.3, 0.4) is 0 Å². The number of para-hydroxylation sites is 1. The van der Waals surface area contributed by atoms with Gasteiger partial charge in [-0.1, -0.05) is 23.7 Å². The Labute approximate surface area is 144 Å². The zero-order chi connectivity index (χ0) is 17.1. The van der Waals surface area contributed by atoms with Crippen molar-refractivity contribution < 1.29 is 9.53 Å². The largest absolute Gasteiger partial charge is 0.381 e. The van der Waals surface area contributed by atoms with Crippen molar-refractivity contribution in [1.82, 2.24) is 15.1 Å². The number of carbonyl (C=O) groups excluding carboxylic acids is 1. The maximum absolute atomic E-state index is 12.3. The van der Waals surface area contributed by atoms with Crippen molar-refractivity contribution in [3.05, 3.63) is 57.0 Å². The minimum absolute atomic E-state index is 0.139. The zero-order valence-electron chi connectivity index (χ0n) is 13.3. The van der Waals surface area contributed by atoms with E-state index in [1.807, 2.05) is 6.07 Å². The van der Waals surface area contributed by atoms with Gasteiger partial charge in [0.2, 0.25) is 5.43 Å². The predicted octanol–water partition coefficient (Wildman–Crippen LogP) is 1.96. The molecule has 1 amide bonds. The molecule has 0 saturated carbocycles. The molecule has 7 heteroatoms. The number of nitrogens with zero attached hydrogens (tertiary/aromatic N) is 2. The van der Waals surface area contributed by atoms with Gasteiger partial charge in [0.15, 0.2) is 5.69 Å². The molecule has 0 unspecified atom stereocenters. The number of aromatic nitrogens is 2. The zero-order valence-corrected chi connectivity index (χ0v) is 14.0. The fourth-order valence-electron chi connectivity index (χ4n) is 2.64. The van der Waals surface area contributed by atoms with Crippen molar-refractivity contribution in [3.8, 4) is 5.69 Å². The lowest BCUT2D eigenvalue weighted by Crippen LogP contribution is -2.35. The highest BCUT2D eigenvalue weighted by Crippen LogP contribution is 2.19. The topological polar surface area (TPSA) is 73.2 Å². The van der Waals surface area contributed by atoms with E-state index in [4.69, 9.17) is 16.3 Å². The second-order valence-electron chi connectivity index (χ2n) is 5.80.